The van der Waals surface area contributed by atoms with Crippen LogP contribution in [0.4, 0.5) is 5.69 Å². The van der Waals surface area contributed by atoms with Crippen LogP contribution in [0.1, 0.15) is 66.8 Å². The van der Waals surface area contributed by atoms with Crippen molar-refractivity contribution in [3.05, 3.63) is 91.8 Å². The van der Waals surface area contributed by atoms with Crippen molar-refractivity contribution in [2.45, 2.75) is 33.2 Å². The number of benzene rings is 2. The van der Waals surface area contributed by atoms with E-state index >= 15 is 0 Å². The summed E-state index contributed by atoms with van der Waals surface area (Å²) in [6.07, 6.45) is 3.36. The predicted octanol–water partition coefficient (Wildman–Crippen LogP) is 4.59. The first-order valence-electron chi connectivity index (χ1n) is 11.0. The van der Waals surface area contributed by atoms with Crippen LogP contribution in [0.2, 0.25) is 0 Å². The number of aryl methyl sites for hydroxylation is 2. The third kappa shape index (κ3) is 3.47. The number of unbranched alkanes of at least 4 members (excludes halogenated alkanes) is 1. The van der Waals surface area contributed by atoms with Gasteiger partial charge in [-0.25, -0.2) is 4.98 Å². The van der Waals surface area contributed by atoms with Gasteiger partial charge in [-0.3, -0.25) is 23.7 Å². The molecule has 2 aromatic heterocycles. The maximum absolute atomic E-state index is 13.1. The molecule has 7 nitrogen and oxygen atoms in total. The maximum atomic E-state index is 13.1. The summed E-state index contributed by atoms with van der Waals surface area (Å²) < 4.78 is 1.58. The van der Waals surface area contributed by atoms with E-state index in [1.807, 2.05) is 0 Å². The molecule has 1 amide bonds. The fourth-order valence-corrected chi connectivity index (χ4v) is 5.26. The molecule has 5 rings (SSSR count). The summed E-state index contributed by atoms with van der Waals surface area (Å²) >= 11 is 1.16. The van der Waals surface area contributed by atoms with Gasteiger partial charge in [0.15, 0.2) is 11.6 Å². The normalized spacial score (nSPS) is 12.5. The number of hydrogen-bond donors (Lipinski definition) is 1. The topological polar surface area (TPSA) is 98.1 Å². The lowest BCUT2D eigenvalue weighted by Crippen LogP contribution is -2.21. The van der Waals surface area contributed by atoms with Gasteiger partial charge in [0.25, 0.3) is 11.5 Å². The Morgan fingerprint density at radius 3 is 2.38 bits per heavy atom. The van der Waals surface area contributed by atoms with Crippen molar-refractivity contribution >= 4 is 44.7 Å². The highest BCUT2D eigenvalue weighted by atomic mass is 32.1. The van der Waals surface area contributed by atoms with E-state index in [0.29, 0.717) is 49.6 Å². The minimum absolute atomic E-state index is 0.150. The second-order valence-corrected chi connectivity index (χ2v) is 9.25. The summed E-state index contributed by atoms with van der Waals surface area (Å²) in [7, 11) is 0. The van der Waals surface area contributed by atoms with E-state index in [1.54, 1.807) is 47.9 Å². The molecule has 0 bridgehead atoms. The van der Waals surface area contributed by atoms with Gasteiger partial charge < -0.3 is 5.32 Å². The van der Waals surface area contributed by atoms with Gasteiger partial charge in [-0.1, -0.05) is 37.6 Å². The zero-order valence-corrected chi connectivity index (χ0v) is 19.5. The van der Waals surface area contributed by atoms with Crippen molar-refractivity contribution in [2.24, 2.45) is 0 Å². The first-order valence-corrected chi connectivity index (χ1v) is 11.8. The summed E-state index contributed by atoms with van der Waals surface area (Å²) in [5.74, 6) is -0.861. The second kappa shape index (κ2) is 8.46. The fraction of sp³-hybridized carbons (Fsp3) is 0.192. The molecule has 0 fully saturated rings. The number of nitrogens with one attached hydrogen (secondary N) is 1. The van der Waals surface area contributed by atoms with Crippen LogP contribution in [0, 0.1) is 6.92 Å². The van der Waals surface area contributed by atoms with Crippen LogP contribution in [0.3, 0.4) is 0 Å². The Balaban J connectivity index is 1.47. The van der Waals surface area contributed by atoms with Gasteiger partial charge in [-0.2, -0.15) is 0 Å². The zero-order valence-electron chi connectivity index (χ0n) is 18.7. The molecule has 34 heavy (non-hydrogen) atoms. The minimum atomic E-state index is -0.394. The number of aromatic nitrogens is 2. The number of rotatable bonds is 5. The Kier molecular flexibility index (Phi) is 5.45. The molecular weight excluding hydrogens is 450 g/mol. The van der Waals surface area contributed by atoms with Crippen molar-refractivity contribution in [3.63, 3.8) is 0 Å². The van der Waals surface area contributed by atoms with Crippen molar-refractivity contribution in [1.82, 2.24) is 9.55 Å². The van der Waals surface area contributed by atoms with Crippen LogP contribution >= 0.6 is 11.3 Å². The van der Waals surface area contributed by atoms with Crippen LogP contribution in [0.5, 0.6) is 0 Å². The van der Waals surface area contributed by atoms with Crippen LogP contribution in [-0.2, 0) is 6.54 Å². The molecule has 170 valence electrons. The molecule has 1 aliphatic carbocycles. The number of ketones is 2. The molecule has 8 heteroatoms. The number of nitrogens with zero attached hydrogens (tertiary/aromatic N) is 2. The highest BCUT2D eigenvalue weighted by Gasteiger charge is 2.29. The van der Waals surface area contributed by atoms with Gasteiger partial charge in [0.1, 0.15) is 4.83 Å². The third-order valence-corrected chi connectivity index (χ3v) is 7.26. The van der Waals surface area contributed by atoms with Crippen molar-refractivity contribution in [2.75, 3.05) is 5.32 Å². The van der Waals surface area contributed by atoms with E-state index in [-0.39, 0.29) is 22.7 Å². The summed E-state index contributed by atoms with van der Waals surface area (Å²) in [4.78, 5) is 57.1. The summed E-state index contributed by atoms with van der Waals surface area (Å²) in [6.45, 7) is 4.38. The molecule has 4 aromatic rings. The molecule has 0 radical (unpaired) electrons. The van der Waals surface area contributed by atoms with Gasteiger partial charge in [-0.15, -0.1) is 11.3 Å². The van der Waals surface area contributed by atoms with Gasteiger partial charge in [-0.05, 0) is 37.1 Å². The van der Waals surface area contributed by atoms with E-state index in [1.165, 1.54) is 12.4 Å². The standard InChI is InChI=1S/C26H21N3O4S/c1-3-4-11-29-13-27-25-20(26(29)33)14(2)23(34-25)24(32)28-15-9-10-18-19(12-15)22(31)17-8-6-5-7-16(17)21(18)30/h5-10,12-13H,3-4,11H2,1-2H3,(H,28,32). The minimum Gasteiger partial charge on any atom is -0.321 e. The third-order valence-electron chi connectivity index (χ3n) is 6.06. The molecule has 0 saturated carbocycles. The number of amides is 1. The number of anilines is 1. The molecule has 0 aliphatic heterocycles. The van der Waals surface area contributed by atoms with Gasteiger partial charge >= 0.3 is 0 Å². The summed E-state index contributed by atoms with van der Waals surface area (Å²) in [5, 5.41) is 3.26. The Hall–Kier alpha value is -3.91. The van der Waals surface area contributed by atoms with E-state index in [9.17, 15) is 19.2 Å². The van der Waals surface area contributed by atoms with E-state index in [2.05, 4.69) is 17.2 Å². The first-order chi connectivity index (χ1) is 16.4. The Morgan fingerprint density at radius 2 is 1.68 bits per heavy atom. The molecule has 0 atom stereocenters. The van der Waals surface area contributed by atoms with Crippen molar-refractivity contribution < 1.29 is 14.4 Å². The molecule has 0 spiro atoms. The van der Waals surface area contributed by atoms with E-state index in [4.69, 9.17) is 0 Å². The molecule has 2 aromatic carbocycles. The Morgan fingerprint density at radius 1 is 1.00 bits per heavy atom. The van der Waals surface area contributed by atoms with Gasteiger partial charge in [0, 0.05) is 34.5 Å². The van der Waals surface area contributed by atoms with Crippen LogP contribution < -0.4 is 10.9 Å². The Bertz CT molecular complexity index is 1560. The SMILES string of the molecule is CCCCn1cnc2sc(C(=O)Nc3ccc4c(c3)C(=O)c3ccccc3C4=O)c(C)c2c1=O. The summed E-state index contributed by atoms with van der Waals surface area (Å²) in [5.41, 5.74) is 2.15. The quantitative estimate of drug-likeness (QED) is 0.404. The highest BCUT2D eigenvalue weighted by molar-refractivity contribution is 7.20. The molecule has 1 aliphatic rings. The Labute approximate surface area is 199 Å². The number of fused-ring (bicyclic) bond motifs is 3. The van der Waals surface area contributed by atoms with Gasteiger partial charge in [0.2, 0.25) is 0 Å². The first kappa shape index (κ1) is 21.9. The van der Waals surface area contributed by atoms with Crippen molar-refractivity contribution in [1.29, 1.82) is 0 Å². The van der Waals surface area contributed by atoms with Crippen LogP contribution in [0.15, 0.2) is 53.6 Å². The second-order valence-electron chi connectivity index (χ2n) is 8.25. The average molecular weight is 472 g/mol. The number of hydrogen-bond acceptors (Lipinski definition) is 6. The lowest BCUT2D eigenvalue weighted by molar-refractivity contribution is 0.0979. The van der Waals surface area contributed by atoms with E-state index in [0.717, 1.165) is 24.2 Å². The smallest absolute Gasteiger partial charge is 0.266 e. The fourth-order valence-electron chi connectivity index (χ4n) is 4.23. The van der Waals surface area contributed by atoms with Crippen LogP contribution in [0.25, 0.3) is 10.2 Å². The van der Waals surface area contributed by atoms with Crippen LogP contribution in [-0.4, -0.2) is 27.0 Å². The van der Waals surface area contributed by atoms with Gasteiger partial charge in [0.05, 0.1) is 16.6 Å². The monoisotopic (exact) mass is 471 g/mol. The predicted molar refractivity (Wildman–Crippen MR) is 131 cm³/mol. The van der Waals surface area contributed by atoms with E-state index < -0.39 is 5.91 Å². The maximum Gasteiger partial charge on any atom is 0.266 e. The molecule has 0 unspecified atom stereocenters. The molecule has 2 heterocycles. The lowest BCUT2D eigenvalue weighted by Gasteiger charge is -2.18. The zero-order chi connectivity index (χ0) is 24.0. The largest absolute Gasteiger partial charge is 0.321 e. The number of carbonyl (C=O) groups is 3. The number of carbonyl (C=O) groups excluding carboxylic acids is 3. The molecule has 0 saturated heterocycles. The molecule has 1 N–H and O–H groups in total. The average Bonchev–Trinajstić information content (AvgIpc) is 3.19. The summed E-state index contributed by atoms with van der Waals surface area (Å²) in [6, 6.07) is 11.4. The molecular formula is C26H21N3O4S. The van der Waals surface area contributed by atoms with Crippen molar-refractivity contribution in [3.8, 4) is 0 Å². The lowest BCUT2D eigenvalue weighted by atomic mass is 9.84. The highest BCUT2D eigenvalue weighted by Crippen LogP contribution is 2.31. The number of thiophene rings is 1.